The Hall–Kier alpha value is -1.75. The number of carbonyl (C=O) groups is 1. The van der Waals surface area contributed by atoms with Crippen molar-refractivity contribution in [3.05, 3.63) is 23.8 Å². The molecular formula is C14H21NO4. The number of amides is 1. The molecule has 0 bridgehead atoms. The first-order chi connectivity index (χ1) is 9.21. The van der Waals surface area contributed by atoms with Gasteiger partial charge in [0.05, 0.1) is 20.6 Å². The van der Waals surface area contributed by atoms with Crippen LogP contribution in [0, 0.1) is 0 Å². The minimum atomic E-state index is -0.0282. The second-order valence-electron chi connectivity index (χ2n) is 4.05. The van der Waals surface area contributed by atoms with Gasteiger partial charge in [0.25, 0.3) is 0 Å². The van der Waals surface area contributed by atoms with Crippen LogP contribution in [0.2, 0.25) is 0 Å². The Kier molecular flexibility index (Phi) is 6.74. The molecule has 0 aromatic heterocycles. The molecule has 0 aliphatic rings. The van der Waals surface area contributed by atoms with Gasteiger partial charge < -0.3 is 19.5 Å². The van der Waals surface area contributed by atoms with E-state index in [0.29, 0.717) is 31.1 Å². The van der Waals surface area contributed by atoms with Gasteiger partial charge in [-0.15, -0.1) is 0 Å². The Morgan fingerprint density at radius 3 is 2.63 bits per heavy atom. The van der Waals surface area contributed by atoms with E-state index in [1.54, 1.807) is 27.4 Å². The third-order valence-electron chi connectivity index (χ3n) is 2.69. The zero-order valence-electron chi connectivity index (χ0n) is 11.7. The largest absolute Gasteiger partial charge is 0.497 e. The third-order valence-corrected chi connectivity index (χ3v) is 2.69. The fourth-order valence-electron chi connectivity index (χ4n) is 1.68. The van der Waals surface area contributed by atoms with Crippen LogP contribution in [0.1, 0.15) is 12.0 Å². The van der Waals surface area contributed by atoms with Crippen LogP contribution in [0.25, 0.3) is 0 Å². The third kappa shape index (κ3) is 5.18. The van der Waals surface area contributed by atoms with Gasteiger partial charge in [0.2, 0.25) is 5.91 Å². The molecule has 0 saturated carbocycles. The Balaban J connectivity index is 2.53. The van der Waals surface area contributed by atoms with Crippen LogP contribution in [0.5, 0.6) is 11.5 Å². The van der Waals surface area contributed by atoms with Crippen LogP contribution in [0.15, 0.2) is 18.2 Å². The Morgan fingerprint density at radius 1 is 1.21 bits per heavy atom. The molecule has 1 rings (SSSR count). The average Bonchev–Trinajstić information content (AvgIpc) is 2.44. The molecule has 1 amide bonds. The van der Waals surface area contributed by atoms with Crippen LogP contribution in [0.3, 0.4) is 0 Å². The van der Waals surface area contributed by atoms with E-state index in [1.165, 1.54) is 0 Å². The fourth-order valence-corrected chi connectivity index (χ4v) is 1.68. The summed E-state index contributed by atoms with van der Waals surface area (Å²) >= 11 is 0. The Labute approximate surface area is 113 Å². The van der Waals surface area contributed by atoms with E-state index in [2.05, 4.69) is 5.32 Å². The highest BCUT2D eigenvalue weighted by molar-refractivity contribution is 5.79. The van der Waals surface area contributed by atoms with Crippen molar-refractivity contribution < 1.29 is 19.0 Å². The predicted octanol–water partition coefficient (Wildman–Crippen LogP) is 1.40. The van der Waals surface area contributed by atoms with E-state index in [-0.39, 0.29) is 5.91 Å². The van der Waals surface area contributed by atoms with Crippen molar-refractivity contribution >= 4 is 5.91 Å². The van der Waals surface area contributed by atoms with Gasteiger partial charge in [-0.3, -0.25) is 4.79 Å². The van der Waals surface area contributed by atoms with E-state index in [9.17, 15) is 4.79 Å². The van der Waals surface area contributed by atoms with Crippen LogP contribution in [0.4, 0.5) is 0 Å². The van der Waals surface area contributed by atoms with Crippen molar-refractivity contribution in [2.24, 2.45) is 0 Å². The summed E-state index contributed by atoms with van der Waals surface area (Å²) in [6.45, 7) is 1.26. The molecule has 0 radical (unpaired) electrons. The number of benzene rings is 1. The molecule has 0 spiro atoms. The van der Waals surface area contributed by atoms with E-state index in [0.717, 1.165) is 12.0 Å². The van der Waals surface area contributed by atoms with Gasteiger partial charge in [-0.25, -0.2) is 0 Å². The molecule has 0 atom stereocenters. The highest BCUT2D eigenvalue weighted by atomic mass is 16.5. The van der Waals surface area contributed by atoms with Crippen LogP contribution < -0.4 is 14.8 Å². The number of nitrogens with one attached hydrogen (secondary N) is 1. The summed E-state index contributed by atoms with van der Waals surface area (Å²) in [7, 11) is 4.82. The lowest BCUT2D eigenvalue weighted by Crippen LogP contribution is -2.26. The zero-order chi connectivity index (χ0) is 14.1. The molecule has 1 aromatic rings. The molecule has 0 aliphatic heterocycles. The molecule has 19 heavy (non-hydrogen) atoms. The van der Waals surface area contributed by atoms with Gasteiger partial charge in [0, 0.05) is 31.9 Å². The van der Waals surface area contributed by atoms with Crippen molar-refractivity contribution in [1.29, 1.82) is 0 Å². The quantitative estimate of drug-likeness (QED) is 0.723. The van der Waals surface area contributed by atoms with Crippen LogP contribution in [-0.4, -0.2) is 40.4 Å². The number of methoxy groups -OCH3 is 3. The molecule has 106 valence electrons. The van der Waals surface area contributed by atoms with Crippen molar-refractivity contribution in [2.75, 3.05) is 34.5 Å². The maximum Gasteiger partial charge on any atom is 0.224 e. The number of ether oxygens (including phenoxy) is 3. The Morgan fingerprint density at radius 2 is 2.00 bits per heavy atom. The minimum Gasteiger partial charge on any atom is -0.497 e. The lowest BCUT2D eigenvalue weighted by Gasteiger charge is -2.10. The number of hydrogen-bond acceptors (Lipinski definition) is 4. The number of carbonyl (C=O) groups excluding carboxylic acids is 1. The highest BCUT2D eigenvalue weighted by Gasteiger charge is 2.09. The minimum absolute atomic E-state index is 0.0282. The van der Waals surface area contributed by atoms with Gasteiger partial charge in [-0.1, -0.05) is 6.07 Å². The second-order valence-corrected chi connectivity index (χ2v) is 4.05. The zero-order valence-corrected chi connectivity index (χ0v) is 11.7. The van der Waals surface area contributed by atoms with E-state index < -0.39 is 0 Å². The first-order valence-electron chi connectivity index (χ1n) is 6.17. The van der Waals surface area contributed by atoms with E-state index >= 15 is 0 Å². The second kappa shape index (κ2) is 8.37. The lowest BCUT2D eigenvalue weighted by molar-refractivity contribution is -0.120. The average molecular weight is 267 g/mol. The van der Waals surface area contributed by atoms with Gasteiger partial charge in [-0.2, -0.15) is 0 Å². The molecule has 0 saturated heterocycles. The predicted molar refractivity (Wildman–Crippen MR) is 72.8 cm³/mol. The van der Waals surface area contributed by atoms with Gasteiger partial charge in [-0.05, 0) is 12.5 Å². The van der Waals surface area contributed by atoms with E-state index in [4.69, 9.17) is 14.2 Å². The van der Waals surface area contributed by atoms with Crippen molar-refractivity contribution in [3.8, 4) is 11.5 Å². The van der Waals surface area contributed by atoms with Crippen LogP contribution in [-0.2, 0) is 16.0 Å². The van der Waals surface area contributed by atoms with E-state index in [1.807, 2.05) is 12.1 Å². The molecule has 0 fully saturated rings. The summed E-state index contributed by atoms with van der Waals surface area (Å²) in [6, 6.07) is 5.43. The van der Waals surface area contributed by atoms with Gasteiger partial charge in [0.1, 0.15) is 11.5 Å². The molecule has 5 nitrogen and oxygen atoms in total. The molecule has 0 aliphatic carbocycles. The summed E-state index contributed by atoms with van der Waals surface area (Å²) in [5.74, 6) is 1.34. The first kappa shape index (κ1) is 15.3. The molecule has 1 N–H and O–H groups in total. The van der Waals surface area contributed by atoms with Gasteiger partial charge >= 0.3 is 0 Å². The smallest absolute Gasteiger partial charge is 0.224 e. The number of rotatable bonds is 8. The summed E-state index contributed by atoms with van der Waals surface area (Å²) in [5.41, 5.74) is 0.840. The van der Waals surface area contributed by atoms with Gasteiger partial charge in [0.15, 0.2) is 0 Å². The maximum atomic E-state index is 11.8. The molecule has 0 unspecified atom stereocenters. The molecule has 1 aromatic carbocycles. The standard InChI is InChI=1S/C14H21NO4/c1-17-8-4-7-15-14(16)9-11-5-6-12(18-2)10-13(11)19-3/h5-6,10H,4,7-9H2,1-3H3,(H,15,16). The highest BCUT2D eigenvalue weighted by Crippen LogP contribution is 2.24. The van der Waals surface area contributed by atoms with Crippen molar-refractivity contribution in [3.63, 3.8) is 0 Å². The molecular weight excluding hydrogens is 246 g/mol. The lowest BCUT2D eigenvalue weighted by atomic mass is 10.1. The fraction of sp³-hybridized carbons (Fsp3) is 0.500. The number of hydrogen-bond donors (Lipinski definition) is 1. The summed E-state index contributed by atoms with van der Waals surface area (Å²) in [5, 5.41) is 2.84. The Bertz CT molecular complexity index is 406. The summed E-state index contributed by atoms with van der Waals surface area (Å²) < 4.78 is 15.3. The topological polar surface area (TPSA) is 56.8 Å². The SMILES string of the molecule is COCCCNC(=O)Cc1ccc(OC)cc1OC. The van der Waals surface area contributed by atoms with Crippen LogP contribution >= 0.6 is 0 Å². The normalized spacial score (nSPS) is 10.1. The molecule has 5 heteroatoms. The molecule has 0 heterocycles. The summed E-state index contributed by atoms with van der Waals surface area (Å²) in [4.78, 5) is 11.8. The maximum absolute atomic E-state index is 11.8. The summed E-state index contributed by atoms with van der Waals surface area (Å²) in [6.07, 6.45) is 1.10. The van der Waals surface area contributed by atoms with Crippen molar-refractivity contribution in [2.45, 2.75) is 12.8 Å². The first-order valence-corrected chi connectivity index (χ1v) is 6.17. The van der Waals surface area contributed by atoms with Crippen molar-refractivity contribution in [1.82, 2.24) is 5.32 Å². The monoisotopic (exact) mass is 267 g/mol.